The van der Waals surface area contributed by atoms with Crippen molar-refractivity contribution in [2.24, 2.45) is 0 Å². The third-order valence-electron chi connectivity index (χ3n) is 3.45. The molecule has 0 saturated carbocycles. The minimum Gasteiger partial charge on any atom is -0.496 e. The van der Waals surface area contributed by atoms with Crippen molar-refractivity contribution in [1.82, 2.24) is 0 Å². The predicted octanol–water partition coefficient (Wildman–Crippen LogP) is 4.08. The third kappa shape index (κ3) is 3.05. The largest absolute Gasteiger partial charge is 0.496 e. The number of hydrazine groups is 1. The molecule has 0 atom stereocenters. The molecule has 0 aliphatic rings. The Kier molecular flexibility index (Phi) is 4.18. The van der Waals surface area contributed by atoms with Gasteiger partial charge in [-0.15, -0.1) is 0 Å². The van der Waals surface area contributed by atoms with Gasteiger partial charge in [-0.1, -0.05) is 23.8 Å². The zero-order chi connectivity index (χ0) is 14.7. The van der Waals surface area contributed by atoms with Gasteiger partial charge in [0.05, 0.1) is 18.5 Å². The van der Waals surface area contributed by atoms with Crippen molar-refractivity contribution in [2.45, 2.75) is 20.8 Å². The fourth-order valence-electron chi connectivity index (χ4n) is 2.19. The van der Waals surface area contributed by atoms with E-state index < -0.39 is 0 Å². The van der Waals surface area contributed by atoms with Gasteiger partial charge in [0.25, 0.3) is 0 Å². The van der Waals surface area contributed by atoms with E-state index in [0.717, 1.165) is 22.7 Å². The van der Waals surface area contributed by atoms with Crippen molar-refractivity contribution in [3.8, 4) is 5.75 Å². The molecule has 0 spiro atoms. The molecule has 2 aromatic rings. The summed E-state index contributed by atoms with van der Waals surface area (Å²) in [5.41, 5.74) is 9.18. The average Bonchev–Trinajstić information content (AvgIpc) is 2.42. The highest BCUT2D eigenvalue weighted by atomic mass is 16.5. The topological polar surface area (TPSA) is 24.5 Å². The van der Waals surface area contributed by atoms with Gasteiger partial charge in [-0.3, -0.25) is 10.4 Å². The molecular weight excluding hydrogens is 248 g/mol. The van der Waals surface area contributed by atoms with E-state index in [1.807, 2.05) is 18.1 Å². The van der Waals surface area contributed by atoms with Crippen LogP contribution in [0.2, 0.25) is 0 Å². The van der Waals surface area contributed by atoms with E-state index in [9.17, 15) is 0 Å². The SMILES string of the molecule is COc1cc(NN(C)c2ccc(C)cc2)c(C)cc1C. The Morgan fingerprint density at radius 3 is 2.20 bits per heavy atom. The molecule has 3 nitrogen and oxygen atoms in total. The molecule has 0 heterocycles. The van der Waals surface area contributed by atoms with Gasteiger partial charge < -0.3 is 4.74 Å². The van der Waals surface area contributed by atoms with Crippen molar-refractivity contribution in [3.63, 3.8) is 0 Å². The molecule has 0 fully saturated rings. The van der Waals surface area contributed by atoms with E-state index in [2.05, 4.69) is 56.5 Å². The van der Waals surface area contributed by atoms with Gasteiger partial charge in [-0.2, -0.15) is 0 Å². The summed E-state index contributed by atoms with van der Waals surface area (Å²) in [6.45, 7) is 6.24. The average molecular weight is 270 g/mol. The summed E-state index contributed by atoms with van der Waals surface area (Å²) in [6, 6.07) is 12.6. The number of ether oxygens (including phenoxy) is 1. The summed E-state index contributed by atoms with van der Waals surface area (Å²) >= 11 is 0. The van der Waals surface area contributed by atoms with Crippen LogP contribution in [0, 0.1) is 20.8 Å². The van der Waals surface area contributed by atoms with Crippen molar-refractivity contribution in [3.05, 3.63) is 53.1 Å². The second-order valence-corrected chi connectivity index (χ2v) is 5.14. The van der Waals surface area contributed by atoms with Gasteiger partial charge in [0, 0.05) is 13.1 Å². The molecule has 0 aromatic heterocycles. The van der Waals surface area contributed by atoms with E-state index in [1.54, 1.807) is 7.11 Å². The highest BCUT2D eigenvalue weighted by Crippen LogP contribution is 2.27. The normalized spacial score (nSPS) is 10.2. The Labute approximate surface area is 121 Å². The number of nitrogens with zero attached hydrogens (tertiary/aromatic N) is 1. The second-order valence-electron chi connectivity index (χ2n) is 5.14. The third-order valence-corrected chi connectivity index (χ3v) is 3.45. The first-order valence-corrected chi connectivity index (χ1v) is 6.73. The number of methoxy groups -OCH3 is 1. The second kappa shape index (κ2) is 5.87. The van der Waals surface area contributed by atoms with Gasteiger partial charge in [0.1, 0.15) is 5.75 Å². The van der Waals surface area contributed by atoms with Crippen LogP contribution in [0.4, 0.5) is 11.4 Å². The highest BCUT2D eigenvalue weighted by Gasteiger charge is 2.07. The van der Waals surface area contributed by atoms with Gasteiger partial charge in [-0.05, 0) is 44.0 Å². The summed E-state index contributed by atoms with van der Waals surface area (Å²) in [7, 11) is 3.71. The van der Waals surface area contributed by atoms with Crippen LogP contribution in [0.5, 0.6) is 5.75 Å². The molecule has 20 heavy (non-hydrogen) atoms. The molecule has 1 N–H and O–H groups in total. The number of benzene rings is 2. The van der Waals surface area contributed by atoms with Gasteiger partial charge in [0.15, 0.2) is 0 Å². The first kappa shape index (κ1) is 14.3. The molecule has 0 saturated heterocycles. The van der Waals surface area contributed by atoms with Crippen molar-refractivity contribution in [2.75, 3.05) is 24.6 Å². The quantitative estimate of drug-likeness (QED) is 0.847. The predicted molar refractivity (Wildman–Crippen MR) is 85.7 cm³/mol. The van der Waals surface area contributed by atoms with Crippen LogP contribution < -0.4 is 15.2 Å². The first-order chi connectivity index (χ1) is 9.51. The zero-order valence-corrected chi connectivity index (χ0v) is 12.8. The molecule has 106 valence electrons. The maximum atomic E-state index is 5.39. The molecule has 0 aliphatic heterocycles. The molecule has 0 aliphatic carbocycles. The van der Waals surface area contributed by atoms with E-state index in [-0.39, 0.29) is 0 Å². The van der Waals surface area contributed by atoms with Crippen LogP contribution in [0.25, 0.3) is 0 Å². The maximum Gasteiger partial charge on any atom is 0.123 e. The zero-order valence-electron chi connectivity index (χ0n) is 12.8. The van der Waals surface area contributed by atoms with Crippen molar-refractivity contribution >= 4 is 11.4 Å². The number of aryl methyl sites for hydroxylation is 3. The molecule has 0 radical (unpaired) electrons. The van der Waals surface area contributed by atoms with Crippen LogP contribution >= 0.6 is 0 Å². The van der Waals surface area contributed by atoms with Crippen LogP contribution in [-0.2, 0) is 0 Å². The fraction of sp³-hybridized carbons (Fsp3) is 0.294. The summed E-state index contributed by atoms with van der Waals surface area (Å²) in [6.07, 6.45) is 0. The fourth-order valence-corrected chi connectivity index (χ4v) is 2.19. The van der Waals surface area contributed by atoms with E-state index in [1.165, 1.54) is 11.1 Å². The Hall–Kier alpha value is -2.16. The minimum atomic E-state index is 0.899. The smallest absolute Gasteiger partial charge is 0.123 e. The Morgan fingerprint density at radius 2 is 1.60 bits per heavy atom. The van der Waals surface area contributed by atoms with Gasteiger partial charge >= 0.3 is 0 Å². The summed E-state index contributed by atoms with van der Waals surface area (Å²) in [5.74, 6) is 0.899. The van der Waals surface area contributed by atoms with Crippen LogP contribution in [-0.4, -0.2) is 14.2 Å². The lowest BCUT2D eigenvalue weighted by Crippen LogP contribution is -2.25. The maximum absolute atomic E-state index is 5.39. The monoisotopic (exact) mass is 270 g/mol. The lowest BCUT2D eigenvalue weighted by Gasteiger charge is -2.23. The number of rotatable bonds is 4. The number of anilines is 2. The Bertz CT molecular complexity index is 591. The Balaban J connectivity index is 2.23. The molecule has 2 aromatic carbocycles. The first-order valence-electron chi connectivity index (χ1n) is 6.73. The lowest BCUT2D eigenvalue weighted by atomic mass is 10.1. The molecule has 3 heteroatoms. The van der Waals surface area contributed by atoms with Gasteiger partial charge in [-0.25, -0.2) is 0 Å². The summed E-state index contributed by atoms with van der Waals surface area (Å²) in [5, 5.41) is 2.01. The number of hydrogen-bond donors (Lipinski definition) is 1. The van der Waals surface area contributed by atoms with Crippen molar-refractivity contribution < 1.29 is 4.74 Å². The van der Waals surface area contributed by atoms with Crippen LogP contribution in [0.3, 0.4) is 0 Å². The Morgan fingerprint density at radius 1 is 0.950 bits per heavy atom. The van der Waals surface area contributed by atoms with Gasteiger partial charge in [0.2, 0.25) is 0 Å². The molecule has 0 unspecified atom stereocenters. The molecule has 2 rings (SSSR count). The minimum absolute atomic E-state index is 0.899. The van der Waals surface area contributed by atoms with E-state index in [0.29, 0.717) is 0 Å². The number of nitrogens with one attached hydrogen (secondary N) is 1. The molecule has 0 bridgehead atoms. The highest BCUT2D eigenvalue weighted by molar-refractivity contribution is 5.61. The van der Waals surface area contributed by atoms with Crippen molar-refractivity contribution in [1.29, 1.82) is 0 Å². The summed E-state index contributed by atoms with van der Waals surface area (Å²) in [4.78, 5) is 0. The summed E-state index contributed by atoms with van der Waals surface area (Å²) < 4.78 is 5.39. The standard InChI is InChI=1S/C17H22N2O/c1-12-6-8-15(9-7-12)19(4)18-16-11-17(20-5)14(3)10-13(16)2/h6-11,18H,1-5H3. The number of hydrogen-bond acceptors (Lipinski definition) is 3. The van der Waals surface area contributed by atoms with E-state index in [4.69, 9.17) is 4.74 Å². The molecule has 0 amide bonds. The van der Waals surface area contributed by atoms with Crippen LogP contribution in [0.1, 0.15) is 16.7 Å². The molecular formula is C17H22N2O. The van der Waals surface area contributed by atoms with Crippen LogP contribution in [0.15, 0.2) is 36.4 Å². The van der Waals surface area contributed by atoms with E-state index >= 15 is 0 Å². The lowest BCUT2D eigenvalue weighted by molar-refractivity contribution is 0.412.